The first-order valence-electron chi connectivity index (χ1n) is 10.8. The third-order valence-electron chi connectivity index (χ3n) is 6.08. The van der Waals surface area contributed by atoms with Gasteiger partial charge >= 0.3 is 0 Å². The Hall–Kier alpha value is -3.35. The second-order valence-electron chi connectivity index (χ2n) is 8.27. The summed E-state index contributed by atoms with van der Waals surface area (Å²) in [5.74, 6) is 0.143. The van der Waals surface area contributed by atoms with Crippen LogP contribution in [0.15, 0.2) is 48.2 Å². The molecule has 2 amide bonds. The summed E-state index contributed by atoms with van der Waals surface area (Å²) in [4.78, 5) is 30.2. The lowest BCUT2D eigenvalue weighted by Crippen LogP contribution is -2.39. The first kappa shape index (κ1) is 21.9. The van der Waals surface area contributed by atoms with Crippen molar-refractivity contribution in [1.29, 1.82) is 0 Å². The predicted octanol–water partition coefficient (Wildman–Crippen LogP) is 3.85. The monoisotopic (exact) mass is 438 g/mol. The zero-order chi connectivity index (χ0) is 22.8. The van der Waals surface area contributed by atoms with Gasteiger partial charge in [0.15, 0.2) is 11.5 Å². The Bertz CT molecular complexity index is 1080. The summed E-state index contributed by atoms with van der Waals surface area (Å²) < 4.78 is 25.0. The molecule has 7 heteroatoms. The molecule has 1 fully saturated rings. The number of benzene rings is 2. The summed E-state index contributed by atoms with van der Waals surface area (Å²) in [6.45, 7) is 3.41. The van der Waals surface area contributed by atoms with Crippen molar-refractivity contribution in [3.05, 3.63) is 65.1 Å². The van der Waals surface area contributed by atoms with Crippen LogP contribution >= 0.6 is 0 Å². The van der Waals surface area contributed by atoms with Crippen molar-refractivity contribution in [3.63, 3.8) is 0 Å². The van der Waals surface area contributed by atoms with Crippen molar-refractivity contribution in [1.82, 2.24) is 9.80 Å². The van der Waals surface area contributed by atoms with Crippen LogP contribution in [0.3, 0.4) is 0 Å². The molecule has 1 atom stereocenters. The molecule has 168 valence electrons. The molecule has 6 nitrogen and oxygen atoms in total. The Morgan fingerprint density at radius 2 is 1.78 bits per heavy atom. The third kappa shape index (κ3) is 3.95. The molecule has 32 heavy (non-hydrogen) atoms. The van der Waals surface area contributed by atoms with Crippen LogP contribution in [0.5, 0.6) is 11.5 Å². The highest BCUT2D eigenvalue weighted by atomic mass is 19.1. The zero-order valence-corrected chi connectivity index (χ0v) is 18.6. The number of halogens is 1. The van der Waals surface area contributed by atoms with Crippen molar-refractivity contribution in [2.75, 3.05) is 27.3 Å². The molecule has 2 aliphatic heterocycles. The number of ether oxygens (including phenoxy) is 2. The van der Waals surface area contributed by atoms with E-state index in [1.807, 2.05) is 4.90 Å². The third-order valence-corrected chi connectivity index (χ3v) is 6.08. The van der Waals surface area contributed by atoms with Crippen LogP contribution in [0.25, 0.3) is 5.57 Å². The van der Waals surface area contributed by atoms with E-state index in [1.54, 1.807) is 36.4 Å². The Morgan fingerprint density at radius 1 is 1.03 bits per heavy atom. The first-order chi connectivity index (χ1) is 15.4. The number of hydrogen-bond donors (Lipinski definition) is 0. The SMILES string of the molecule is COc1ccc(C2=C(N3CCCC(C)C3)C(=O)N(Cc3ccccc3F)C2=O)cc1OC. The summed E-state index contributed by atoms with van der Waals surface area (Å²) in [5, 5.41) is 0. The second kappa shape index (κ2) is 9.02. The van der Waals surface area contributed by atoms with E-state index in [1.165, 1.54) is 20.3 Å². The van der Waals surface area contributed by atoms with Gasteiger partial charge in [0, 0.05) is 18.7 Å². The van der Waals surface area contributed by atoms with Gasteiger partial charge in [-0.25, -0.2) is 4.39 Å². The highest BCUT2D eigenvalue weighted by Crippen LogP contribution is 2.38. The van der Waals surface area contributed by atoms with E-state index < -0.39 is 17.6 Å². The molecule has 1 unspecified atom stereocenters. The first-order valence-corrected chi connectivity index (χ1v) is 10.8. The minimum absolute atomic E-state index is 0.117. The summed E-state index contributed by atoms with van der Waals surface area (Å²) in [5.41, 5.74) is 1.57. The molecule has 0 saturated carbocycles. The Kier molecular flexibility index (Phi) is 6.17. The number of imide groups is 1. The van der Waals surface area contributed by atoms with E-state index in [0.29, 0.717) is 52.9 Å². The molecular formula is C25H27FN2O4. The van der Waals surface area contributed by atoms with E-state index >= 15 is 0 Å². The highest BCUT2D eigenvalue weighted by Gasteiger charge is 2.42. The highest BCUT2D eigenvalue weighted by molar-refractivity contribution is 6.35. The fourth-order valence-corrected chi connectivity index (χ4v) is 4.44. The minimum Gasteiger partial charge on any atom is -0.493 e. The smallest absolute Gasteiger partial charge is 0.278 e. The molecule has 0 radical (unpaired) electrons. The number of methoxy groups -OCH3 is 2. The molecule has 2 aromatic carbocycles. The van der Waals surface area contributed by atoms with E-state index in [9.17, 15) is 14.0 Å². The number of carbonyl (C=O) groups is 2. The standard InChI is InChI=1S/C25H27FN2O4/c1-16-7-6-12-27(14-16)23-22(17-10-11-20(31-2)21(13-17)32-3)24(29)28(25(23)30)15-18-8-4-5-9-19(18)26/h4-5,8-11,13,16H,6-7,12,14-15H2,1-3H3. The number of amides is 2. The number of carbonyl (C=O) groups excluding carboxylic acids is 2. The van der Waals surface area contributed by atoms with Crippen LogP contribution in [-0.2, 0) is 16.1 Å². The number of likely N-dealkylation sites (tertiary alicyclic amines) is 1. The molecule has 0 spiro atoms. The molecule has 2 aliphatic rings. The molecule has 0 aromatic heterocycles. The molecule has 0 aliphatic carbocycles. The van der Waals surface area contributed by atoms with Crippen molar-refractivity contribution < 1.29 is 23.5 Å². The average Bonchev–Trinajstić information content (AvgIpc) is 3.04. The summed E-state index contributed by atoms with van der Waals surface area (Å²) in [6, 6.07) is 11.4. The van der Waals surface area contributed by atoms with E-state index in [2.05, 4.69) is 6.92 Å². The lowest BCUT2D eigenvalue weighted by Gasteiger charge is -2.33. The van der Waals surface area contributed by atoms with E-state index in [4.69, 9.17) is 9.47 Å². The summed E-state index contributed by atoms with van der Waals surface area (Å²) in [7, 11) is 3.06. The van der Waals surface area contributed by atoms with Crippen LogP contribution in [0, 0.1) is 11.7 Å². The van der Waals surface area contributed by atoms with Crippen LogP contribution in [0.2, 0.25) is 0 Å². The van der Waals surface area contributed by atoms with Crippen LogP contribution in [0.4, 0.5) is 4.39 Å². The number of piperidine rings is 1. The quantitative estimate of drug-likeness (QED) is 0.641. The second-order valence-corrected chi connectivity index (χ2v) is 8.27. The molecular weight excluding hydrogens is 411 g/mol. The van der Waals surface area contributed by atoms with E-state index in [-0.39, 0.29) is 6.54 Å². The van der Waals surface area contributed by atoms with E-state index in [0.717, 1.165) is 17.7 Å². The molecule has 0 N–H and O–H groups in total. The van der Waals surface area contributed by atoms with Crippen molar-refractivity contribution >= 4 is 17.4 Å². The number of nitrogens with zero attached hydrogens (tertiary/aromatic N) is 2. The van der Waals surface area contributed by atoms with Crippen LogP contribution in [0.1, 0.15) is 30.9 Å². The Balaban J connectivity index is 1.79. The Morgan fingerprint density at radius 3 is 2.47 bits per heavy atom. The van der Waals surface area contributed by atoms with Gasteiger partial charge in [-0.1, -0.05) is 31.2 Å². The van der Waals surface area contributed by atoms with Gasteiger partial charge in [0.2, 0.25) is 0 Å². The largest absolute Gasteiger partial charge is 0.493 e. The van der Waals surface area contributed by atoms with Gasteiger partial charge in [0.25, 0.3) is 11.8 Å². The van der Waals surface area contributed by atoms with Gasteiger partial charge in [-0.3, -0.25) is 14.5 Å². The molecule has 2 aromatic rings. The molecule has 4 rings (SSSR count). The minimum atomic E-state index is -0.444. The molecule has 1 saturated heterocycles. The average molecular weight is 438 g/mol. The van der Waals surface area contributed by atoms with Crippen LogP contribution < -0.4 is 9.47 Å². The Labute approximate surface area is 187 Å². The maximum absolute atomic E-state index is 14.3. The fraction of sp³-hybridized carbons (Fsp3) is 0.360. The van der Waals surface area contributed by atoms with Gasteiger partial charge in [-0.15, -0.1) is 0 Å². The molecule has 2 heterocycles. The summed E-state index contributed by atoms with van der Waals surface area (Å²) in [6.07, 6.45) is 2.02. The number of rotatable bonds is 6. The maximum atomic E-state index is 14.3. The fourth-order valence-electron chi connectivity index (χ4n) is 4.44. The van der Waals surface area contributed by atoms with Crippen LogP contribution in [-0.4, -0.2) is 48.9 Å². The maximum Gasteiger partial charge on any atom is 0.278 e. The van der Waals surface area contributed by atoms with Gasteiger partial charge in [0.1, 0.15) is 11.5 Å². The van der Waals surface area contributed by atoms with Gasteiger partial charge in [-0.2, -0.15) is 0 Å². The topological polar surface area (TPSA) is 59.1 Å². The van der Waals surface area contributed by atoms with Crippen molar-refractivity contribution in [3.8, 4) is 11.5 Å². The van der Waals surface area contributed by atoms with Gasteiger partial charge in [-0.05, 0) is 42.5 Å². The summed E-state index contributed by atoms with van der Waals surface area (Å²) >= 11 is 0. The number of hydrogen-bond acceptors (Lipinski definition) is 5. The van der Waals surface area contributed by atoms with Gasteiger partial charge < -0.3 is 14.4 Å². The lowest BCUT2D eigenvalue weighted by atomic mass is 9.97. The molecule has 0 bridgehead atoms. The van der Waals surface area contributed by atoms with Crippen molar-refractivity contribution in [2.45, 2.75) is 26.3 Å². The normalized spacial score (nSPS) is 19.1. The van der Waals surface area contributed by atoms with Gasteiger partial charge in [0.05, 0.1) is 26.3 Å². The lowest BCUT2D eigenvalue weighted by molar-refractivity contribution is -0.138. The predicted molar refractivity (Wildman–Crippen MR) is 118 cm³/mol. The zero-order valence-electron chi connectivity index (χ0n) is 18.6. The van der Waals surface area contributed by atoms with Crippen molar-refractivity contribution in [2.24, 2.45) is 5.92 Å².